The van der Waals surface area contributed by atoms with Crippen molar-refractivity contribution in [2.75, 3.05) is 0 Å². The first-order chi connectivity index (χ1) is 3.29. The first-order valence-electron chi connectivity index (χ1n) is 2.78. The van der Waals surface area contributed by atoms with Crippen molar-refractivity contribution in [1.29, 1.82) is 0 Å². The molecular formula is C6H11S. The van der Waals surface area contributed by atoms with Crippen LogP contribution in [0.15, 0.2) is 0 Å². The minimum atomic E-state index is 0.815. The van der Waals surface area contributed by atoms with Gasteiger partial charge in [0.25, 0.3) is 0 Å². The molecule has 1 aliphatic heterocycles. The Hall–Kier alpha value is 0.350. The fourth-order valence-corrected chi connectivity index (χ4v) is 2.04. The molecule has 0 aromatic heterocycles. The van der Waals surface area contributed by atoms with Gasteiger partial charge >= 0.3 is 0 Å². The zero-order valence-corrected chi connectivity index (χ0v) is 5.66. The van der Waals surface area contributed by atoms with Crippen LogP contribution in [0.3, 0.4) is 0 Å². The minimum Gasteiger partial charge on any atom is -0.155 e. The molecule has 41 valence electrons. The summed E-state index contributed by atoms with van der Waals surface area (Å²) in [5, 5.41) is 1.70. The van der Waals surface area contributed by atoms with Crippen LogP contribution < -0.4 is 0 Å². The van der Waals surface area contributed by atoms with Crippen molar-refractivity contribution < 1.29 is 0 Å². The van der Waals surface area contributed by atoms with Gasteiger partial charge in [0.1, 0.15) is 0 Å². The SMILES string of the molecule is CC1[CH]CC(C)S1. The summed E-state index contributed by atoms with van der Waals surface area (Å²) in [7, 11) is 0. The molecule has 0 aromatic rings. The van der Waals surface area contributed by atoms with Gasteiger partial charge in [0.05, 0.1) is 0 Å². The van der Waals surface area contributed by atoms with Crippen LogP contribution in [0.25, 0.3) is 0 Å². The summed E-state index contributed by atoms with van der Waals surface area (Å²) in [6, 6.07) is 0. The molecule has 0 bridgehead atoms. The van der Waals surface area contributed by atoms with Crippen molar-refractivity contribution in [1.82, 2.24) is 0 Å². The standard InChI is InChI=1S/C6H11S/c1-5-3-4-6(2)7-5/h3,5-6H,4H2,1-2H3. The average Bonchev–Trinajstić information content (AvgIpc) is 1.87. The number of hydrogen-bond donors (Lipinski definition) is 0. The van der Waals surface area contributed by atoms with E-state index in [4.69, 9.17) is 0 Å². The van der Waals surface area contributed by atoms with Gasteiger partial charge in [-0.15, -0.1) is 0 Å². The molecule has 1 aliphatic rings. The molecule has 0 aromatic carbocycles. The second-order valence-corrected chi connectivity index (χ2v) is 3.94. The van der Waals surface area contributed by atoms with E-state index in [1.807, 2.05) is 0 Å². The Morgan fingerprint density at radius 3 is 2.43 bits per heavy atom. The zero-order valence-electron chi connectivity index (χ0n) is 4.85. The highest BCUT2D eigenvalue weighted by molar-refractivity contribution is 8.00. The molecular weight excluding hydrogens is 104 g/mol. The fraction of sp³-hybridized carbons (Fsp3) is 0.833. The van der Waals surface area contributed by atoms with E-state index in [0.717, 1.165) is 10.5 Å². The van der Waals surface area contributed by atoms with Crippen LogP contribution >= 0.6 is 11.8 Å². The fourth-order valence-electron chi connectivity index (χ4n) is 0.861. The molecule has 1 radical (unpaired) electrons. The summed E-state index contributed by atoms with van der Waals surface area (Å²) in [5.74, 6) is 0. The van der Waals surface area contributed by atoms with Crippen LogP contribution in [-0.2, 0) is 0 Å². The Kier molecular flexibility index (Phi) is 1.63. The van der Waals surface area contributed by atoms with Gasteiger partial charge in [0, 0.05) is 10.5 Å². The van der Waals surface area contributed by atoms with Crippen molar-refractivity contribution in [2.45, 2.75) is 30.8 Å². The smallest absolute Gasteiger partial charge is 0.00531 e. The van der Waals surface area contributed by atoms with Crippen LogP contribution in [-0.4, -0.2) is 10.5 Å². The van der Waals surface area contributed by atoms with Gasteiger partial charge in [-0.1, -0.05) is 13.8 Å². The highest BCUT2D eigenvalue weighted by atomic mass is 32.2. The van der Waals surface area contributed by atoms with E-state index < -0.39 is 0 Å². The van der Waals surface area contributed by atoms with E-state index in [9.17, 15) is 0 Å². The van der Waals surface area contributed by atoms with Gasteiger partial charge in [0.15, 0.2) is 0 Å². The summed E-state index contributed by atoms with van der Waals surface area (Å²) in [4.78, 5) is 0. The topological polar surface area (TPSA) is 0 Å². The van der Waals surface area contributed by atoms with Crippen LogP contribution in [0.5, 0.6) is 0 Å². The summed E-state index contributed by atoms with van der Waals surface area (Å²) in [6.07, 6.45) is 3.70. The van der Waals surface area contributed by atoms with Crippen molar-refractivity contribution >= 4 is 11.8 Å². The maximum atomic E-state index is 2.38. The first kappa shape index (κ1) is 5.49. The van der Waals surface area contributed by atoms with E-state index in [0.29, 0.717) is 0 Å². The molecule has 0 spiro atoms. The molecule has 2 atom stereocenters. The van der Waals surface area contributed by atoms with E-state index in [2.05, 4.69) is 32.0 Å². The van der Waals surface area contributed by atoms with E-state index in [1.165, 1.54) is 6.42 Å². The van der Waals surface area contributed by atoms with Gasteiger partial charge in [-0.2, -0.15) is 11.8 Å². The normalized spacial score (nSPS) is 42.0. The number of rotatable bonds is 0. The summed E-state index contributed by atoms with van der Waals surface area (Å²) in [6.45, 7) is 4.54. The second kappa shape index (κ2) is 2.08. The molecule has 1 saturated heterocycles. The Morgan fingerprint density at radius 1 is 1.57 bits per heavy atom. The maximum absolute atomic E-state index is 2.38. The third kappa shape index (κ3) is 1.37. The molecule has 1 heterocycles. The Morgan fingerprint density at radius 2 is 2.29 bits per heavy atom. The Labute approximate surface area is 49.7 Å². The van der Waals surface area contributed by atoms with Crippen LogP contribution in [0.4, 0.5) is 0 Å². The Balaban J connectivity index is 2.26. The Bertz CT molecular complexity index is 53.2. The lowest BCUT2D eigenvalue weighted by Crippen LogP contribution is -1.85. The summed E-state index contributed by atoms with van der Waals surface area (Å²) in [5.41, 5.74) is 0. The van der Waals surface area contributed by atoms with Gasteiger partial charge in [-0.3, -0.25) is 0 Å². The third-order valence-corrected chi connectivity index (χ3v) is 2.53. The first-order valence-corrected chi connectivity index (χ1v) is 3.72. The van der Waals surface area contributed by atoms with Gasteiger partial charge in [0.2, 0.25) is 0 Å². The highest BCUT2D eigenvalue weighted by Crippen LogP contribution is 2.31. The lowest BCUT2D eigenvalue weighted by molar-refractivity contribution is 0.935. The molecule has 0 nitrogen and oxygen atoms in total. The van der Waals surface area contributed by atoms with Crippen molar-refractivity contribution in [3.05, 3.63) is 6.42 Å². The number of hydrogen-bond acceptors (Lipinski definition) is 1. The predicted octanol–water partition coefficient (Wildman–Crippen LogP) is 2.10. The lowest BCUT2D eigenvalue weighted by Gasteiger charge is -1.96. The number of thioether (sulfide) groups is 1. The van der Waals surface area contributed by atoms with Crippen molar-refractivity contribution in [3.63, 3.8) is 0 Å². The van der Waals surface area contributed by atoms with Gasteiger partial charge < -0.3 is 0 Å². The largest absolute Gasteiger partial charge is 0.155 e. The molecule has 0 N–H and O–H groups in total. The summed E-state index contributed by atoms with van der Waals surface area (Å²) >= 11 is 2.06. The highest BCUT2D eigenvalue weighted by Gasteiger charge is 2.16. The third-order valence-electron chi connectivity index (χ3n) is 1.25. The van der Waals surface area contributed by atoms with Crippen LogP contribution in [0.2, 0.25) is 0 Å². The zero-order chi connectivity index (χ0) is 5.28. The lowest BCUT2D eigenvalue weighted by atomic mass is 10.2. The van der Waals surface area contributed by atoms with E-state index in [-0.39, 0.29) is 0 Å². The van der Waals surface area contributed by atoms with Crippen LogP contribution in [0, 0.1) is 6.42 Å². The second-order valence-electron chi connectivity index (χ2n) is 2.12. The molecule has 2 unspecified atom stereocenters. The quantitative estimate of drug-likeness (QED) is 0.466. The maximum Gasteiger partial charge on any atom is 0.00531 e. The van der Waals surface area contributed by atoms with Gasteiger partial charge in [-0.05, 0) is 12.8 Å². The van der Waals surface area contributed by atoms with Crippen molar-refractivity contribution in [3.8, 4) is 0 Å². The summed E-state index contributed by atoms with van der Waals surface area (Å²) < 4.78 is 0. The molecule has 1 fully saturated rings. The van der Waals surface area contributed by atoms with Crippen molar-refractivity contribution in [2.24, 2.45) is 0 Å². The minimum absolute atomic E-state index is 0.815. The predicted molar refractivity (Wildman–Crippen MR) is 35.4 cm³/mol. The van der Waals surface area contributed by atoms with Crippen LogP contribution in [0.1, 0.15) is 20.3 Å². The van der Waals surface area contributed by atoms with E-state index in [1.54, 1.807) is 0 Å². The molecule has 0 aliphatic carbocycles. The molecule has 0 amide bonds. The average molecular weight is 115 g/mol. The molecule has 7 heavy (non-hydrogen) atoms. The molecule has 0 saturated carbocycles. The molecule has 1 rings (SSSR count). The van der Waals surface area contributed by atoms with E-state index >= 15 is 0 Å². The monoisotopic (exact) mass is 115 g/mol. The molecule has 1 heteroatoms. The van der Waals surface area contributed by atoms with Gasteiger partial charge in [-0.25, -0.2) is 0 Å².